The second-order valence-electron chi connectivity index (χ2n) is 4.53. The molecule has 3 heteroatoms. The number of aldehydes is 1. The van der Waals surface area contributed by atoms with Crippen LogP contribution in [0.3, 0.4) is 0 Å². The third-order valence-corrected chi connectivity index (χ3v) is 3.50. The molecule has 0 saturated heterocycles. The summed E-state index contributed by atoms with van der Waals surface area (Å²) in [5, 5.41) is 12.0. The first-order valence-electron chi connectivity index (χ1n) is 4.83. The van der Waals surface area contributed by atoms with E-state index < -0.39 is 0 Å². The predicted molar refractivity (Wildman–Crippen MR) is 55.5 cm³/mol. The molecule has 1 aliphatic carbocycles. The van der Waals surface area contributed by atoms with Crippen LogP contribution in [0.1, 0.15) is 34.1 Å². The van der Waals surface area contributed by atoms with Crippen molar-refractivity contribution in [2.75, 3.05) is 0 Å². The summed E-state index contributed by atoms with van der Waals surface area (Å²) in [4.78, 5) is 11.0. The Morgan fingerprint density at radius 1 is 1.57 bits per heavy atom. The molecule has 0 aromatic heterocycles. The highest BCUT2D eigenvalue weighted by Gasteiger charge is 2.37. The van der Waals surface area contributed by atoms with Crippen LogP contribution in [0.25, 0.3) is 0 Å². The van der Waals surface area contributed by atoms with Gasteiger partial charge in [-0.15, -0.1) is 0 Å². The molecule has 0 bridgehead atoms. The van der Waals surface area contributed by atoms with Crippen LogP contribution in [0.5, 0.6) is 0 Å². The number of allylic oxidation sites excluding steroid dienone is 2. The van der Waals surface area contributed by atoms with Gasteiger partial charge >= 0.3 is 0 Å². The van der Waals surface area contributed by atoms with E-state index >= 15 is 0 Å². The van der Waals surface area contributed by atoms with Gasteiger partial charge in [0.1, 0.15) is 6.29 Å². The van der Waals surface area contributed by atoms with E-state index in [9.17, 15) is 4.79 Å². The maximum absolute atomic E-state index is 11.0. The van der Waals surface area contributed by atoms with Crippen molar-refractivity contribution in [3.8, 4) is 0 Å². The minimum Gasteiger partial charge on any atom is -0.411 e. The van der Waals surface area contributed by atoms with Gasteiger partial charge in [-0.05, 0) is 30.3 Å². The van der Waals surface area contributed by atoms with Crippen LogP contribution >= 0.6 is 0 Å². The summed E-state index contributed by atoms with van der Waals surface area (Å²) in [7, 11) is 0. The summed E-state index contributed by atoms with van der Waals surface area (Å²) in [6.07, 6.45) is 1.61. The topological polar surface area (TPSA) is 49.7 Å². The number of hydrogen-bond donors (Lipinski definition) is 1. The molecule has 1 atom stereocenters. The smallest absolute Gasteiger partial charge is 0.146 e. The van der Waals surface area contributed by atoms with Gasteiger partial charge in [0.25, 0.3) is 0 Å². The number of oxime groups is 1. The van der Waals surface area contributed by atoms with Crippen LogP contribution in [-0.4, -0.2) is 17.2 Å². The second-order valence-corrected chi connectivity index (χ2v) is 4.53. The first-order chi connectivity index (χ1) is 6.45. The van der Waals surface area contributed by atoms with Crippen LogP contribution in [0, 0.1) is 11.3 Å². The van der Waals surface area contributed by atoms with E-state index in [0.29, 0.717) is 11.6 Å². The summed E-state index contributed by atoms with van der Waals surface area (Å²) >= 11 is 0. The minimum absolute atomic E-state index is 0.125. The SMILES string of the molecule is CC1=C(C=O)C(C)(C)C(C)C/C1=N\O. The molecule has 0 saturated carbocycles. The summed E-state index contributed by atoms with van der Waals surface area (Å²) in [5.74, 6) is 0.317. The standard InChI is InChI=1S/C11H17NO2/c1-7-5-10(12-14)8(2)9(6-13)11(7,3)4/h6-7,14H,5H2,1-4H3/b12-10+. The van der Waals surface area contributed by atoms with E-state index in [4.69, 9.17) is 5.21 Å². The van der Waals surface area contributed by atoms with Crippen molar-refractivity contribution in [2.45, 2.75) is 34.1 Å². The summed E-state index contributed by atoms with van der Waals surface area (Å²) in [6.45, 7) is 8.02. The van der Waals surface area contributed by atoms with Crippen LogP contribution in [0.15, 0.2) is 16.3 Å². The molecule has 0 amide bonds. The molecule has 0 radical (unpaired) electrons. The van der Waals surface area contributed by atoms with Crippen LogP contribution in [0.4, 0.5) is 0 Å². The number of nitrogens with zero attached hydrogens (tertiary/aromatic N) is 1. The van der Waals surface area contributed by atoms with Crippen molar-refractivity contribution in [3.05, 3.63) is 11.1 Å². The fraction of sp³-hybridized carbons (Fsp3) is 0.636. The minimum atomic E-state index is -0.125. The van der Waals surface area contributed by atoms with Crippen molar-refractivity contribution in [1.82, 2.24) is 0 Å². The van der Waals surface area contributed by atoms with Gasteiger partial charge in [0.2, 0.25) is 0 Å². The van der Waals surface area contributed by atoms with Gasteiger partial charge in [-0.1, -0.05) is 25.9 Å². The highest BCUT2D eigenvalue weighted by molar-refractivity contribution is 6.05. The van der Waals surface area contributed by atoms with Crippen molar-refractivity contribution < 1.29 is 10.0 Å². The lowest BCUT2D eigenvalue weighted by atomic mass is 9.66. The Hall–Kier alpha value is -1.12. The molecule has 14 heavy (non-hydrogen) atoms. The van der Waals surface area contributed by atoms with Crippen molar-refractivity contribution in [1.29, 1.82) is 0 Å². The molecule has 0 aromatic carbocycles. The molecule has 1 N–H and O–H groups in total. The first-order valence-corrected chi connectivity index (χ1v) is 4.83. The maximum atomic E-state index is 11.0. The van der Waals surface area contributed by atoms with E-state index in [2.05, 4.69) is 25.9 Å². The van der Waals surface area contributed by atoms with Crippen molar-refractivity contribution >= 4 is 12.0 Å². The molecule has 0 heterocycles. The average molecular weight is 195 g/mol. The van der Waals surface area contributed by atoms with Gasteiger partial charge in [-0.3, -0.25) is 4.79 Å². The molecule has 0 fully saturated rings. The van der Waals surface area contributed by atoms with Crippen LogP contribution < -0.4 is 0 Å². The van der Waals surface area contributed by atoms with Gasteiger partial charge in [0.15, 0.2) is 0 Å². The number of hydrogen-bond acceptors (Lipinski definition) is 3. The number of carbonyl (C=O) groups excluding carboxylic acids is 1. The Morgan fingerprint density at radius 2 is 2.14 bits per heavy atom. The quantitative estimate of drug-likeness (QED) is 0.397. The molecule has 0 aliphatic heterocycles. The van der Waals surface area contributed by atoms with Gasteiger partial charge in [-0.25, -0.2) is 0 Å². The Morgan fingerprint density at radius 3 is 2.57 bits per heavy atom. The third kappa shape index (κ3) is 1.47. The number of carbonyl (C=O) groups is 1. The van der Waals surface area contributed by atoms with Crippen molar-refractivity contribution in [3.63, 3.8) is 0 Å². The van der Waals surface area contributed by atoms with E-state index in [0.717, 1.165) is 23.9 Å². The molecule has 1 aliphatic rings. The van der Waals surface area contributed by atoms with E-state index in [-0.39, 0.29) is 5.41 Å². The van der Waals surface area contributed by atoms with E-state index in [1.165, 1.54) is 0 Å². The molecule has 3 nitrogen and oxygen atoms in total. The van der Waals surface area contributed by atoms with Gasteiger partial charge in [0.05, 0.1) is 5.71 Å². The zero-order chi connectivity index (χ0) is 10.9. The Labute approximate surface area is 84.5 Å². The fourth-order valence-corrected chi connectivity index (χ4v) is 1.96. The zero-order valence-corrected chi connectivity index (χ0v) is 9.16. The largest absolute Gasteiger partial charge is 0.411 e. The zero-order valence-electron chi connectivity index (χ0n) is 9.16. The van der Waals surface area contributed by atoms with Gasteiger partial charge < -0.3 is 5.21 Å². The third-order valence-electron chi connectivity index (χ3n) is 3.50. The highest BCUT2D eigenvalue weighted by atomic mass is 16.4. The van der Waals surface area contributed by atoms with E-state index in [1.54, 1.807) is 0 Å². The molecular formula is C11H17NO2. The highest BCUT2D eigenvalue weighted by Crippen LogP contribution is 2.42. The predicted octanol–water partition coefficient (Wildman–Crippen LogP) is 2.40. The molecule has 1 unspecified atom stereocenters. The van der Waals surface area contributed by atoms with Gasteiger partial charge in [0, 0.05) is 5.57 Å². The summed E-state index contributed by atoms with van der Waals surface area (Å²) in [5.41, 5.74) is 2.09. The lowest BCUT2D eigenvalue weighted by Crippen LogP contribution is -2.33. The van der Waals surface area contributed by atoms with E-state index in [1.807, 2.05) is 6.92 Å². The summed E-state index contributed by atoms with van der Waals surface area (Å²) in [6, 6.07) is 0. The summed E-state index contributed by atoms with van der Waals surface area (Å²) < 4.78 is 0. The molecule has 0 spiro atoms. The Bertz CT molecular complexity index is 313. The fourth-order valence-electron chi connectivity index (χ4n) is 1.96. The Kier molecular flexibility index (Phi) is 2.79. The number of rotatable bonds is 1. The molecule has 78 valence electrons. The lowest BCUT2D eigenvalue weighted by Gasteiger charge is -2.37. The normalized spacial score (nSPS) is 29.4. The van der Waals surface area contributed by atoms with Gasteiger partial charge in [-0.2, -0.15) is 0 Å². The monoisotopic (exact) mass is 195 g/mol. The Balaban J connectivity index is 3.31. The second kappa shape index (κ2) is 3.56. The average Bonchev–Trinajstić information content (AvgIpc) is 2.12. The van der Waals surface area contributed by atoms with Crippen LogP contribution in [-0.2, 0) is 4.79 Å². The molecular weight excluding hydrogens is 178 g/mol. The van der Waals surface area contributed by atoms with Crippen LogP contribution in [0.2, 0.25) is 0 Å². The molecule has 1 rings (SSSR count). The lowest BCUT2D eigenvalue weighted by molar-refractivity contribution is -0.106. The first kappa shape index (κ1) is 11.0. The van der Waals surface area contributed by atoms with Crippen molar-refractivity contribution in [2.24, 2.45) is 16.5 Å². The maximum Gasteiger partial charge on any atom is 0.146 e. The molecule has 0 aromatic rings.